The molecule has 7 nitrogen and oxygen atoms in total. The van der Waals surface area contributed by atoms with Gasteiger partial charge in [0.25, 0.3) is 11.6 Å². The predicted molar refractivity (Wildman–Crippen MR) is 107 cm³/mol. The van der Waals surface area contributed by atoms with Crippen molar-refractivity contribution >= 4 is 29.3 Å². The molecule has 28 heavy (non-hydrogen) atoms. The highest BCUT2D eigenvalue weighted by Crippen LogP contribution is 2.24. The number of ether oxygens (including phenoxy) is 1. The first kappa shape index (κ1) is 21.4. The van der Waals surface area contributed by atoms with Gasteiger partial charge in [-0.25, -0.2) is 0 Å². The third-order valence-electron chi connectivity index (χ3n) is 4.06. The summed E-state index contributed by atoms with van der Waals surface area (Å²) in [5.41, 5.74) is 0.606. The van der Waals surface area contributed by atoms with Crippen molar-refractivity contribution < 1.29 is 19.2 Å². The van der Waals surface area contributed by atoms with E-state index >= 15 is 0 Å². The second kappa shape index (κ2) is 10.5. The molecule has 0 N–H and O–H groups in total. The fourth-order valence-electron chi connectivity index (χ4n) is 2.56. The number of nitro benzene ring substituents is 1. The molecule has 0 heterocycles. The maximum atomic E-state index is 12.8. The van der Waals surface area contributed by atoms with Crippen LogP contribution in [0.1, 0.15) is 25.5 Å². The lowest BCUT2D eigenvalue weighted by atomic mass is 10.1. The molecule has 0 aliphatic carbocycles. The Hall–Kier alpha value is -2.87. The number of benzene rings is 2. The van der Waals surface area contributed by atoms with E-state index in [9.17, 15) is 19.7 Å². The molecule has 0 spiro atoms. The highest BCUT2D eigenvalue weighted by molar-refractivity contribution is 8.00. The van der Waals surface area contributed by atoms with Crippen LogP contribution in [0.4, 0.5) is 5.69 Å². The second-order valence-corrected chi connectivity index (χ2v) is 6.88. The number of non-ortho nitro benzene ring substituents is 1. The number of carbonyl (C=O) groups excluding carboxylic acids is 2. The van der Waals surface area contributed by atoms with Crippen molar-refractivity contribution in [1.29, 1.82) is 0 Å². The highest BCUT2D eigenvalue weighted by Gasteiger charge is 2.28. The highest BCUT2D eigenvalue weighted by atomic mass is 32.2. The van der Waals surface area contributed by atoms with Crippen molar-refractivity contribution in [2.45, 2.75) is 24.8 Å². The molecule has 1 atom stereocenters. The minimum atomic E-state index is -0.994. The van der Waals surface area contributed by atoms with E-state index in [1.54, 1.807) is 41.3 Å². The number of carbonyl (C=O) groups is 2. The number of esters is 1. The van der Waals surface area contributed by atoms with Crippen molar-refractivity contribution in [3.05, 3.63) is 70.3 Å². The fraction of sp³-hybridized carbons (Fsp3) is 0.300. The van der Waals surface area contributed by atoms with E-state index in [-0.39, 0.29) is 17.3 Å². The molecule has 0 aliphatic heterocycles. The normalized spacial score (nSPS) is 11.5. The van der Waals surface area contributed by atoms with Crippen LogP contribution in [-0.2, 0) is 14.3 Å². The van der Waals surface area contributed by atoms with Crippen molar-refractivity contribution in [1.82, 2.24) is 4.90 Å². The van der Waals surface area contributed by atoms with Gasteiger partial charge in [0.05, 0.1) is 10.7 Å². The fourth-order valence-corrected chi connectivity index (χ4v) is 3.24. The Balaban J connectivity index is 2.05. The summed E-state index contributed by atoms with van der Waals surface area (Å²) in [6, 6.07) is 14.8. The number of thioether (sulfide) groups is 1. The minimum absolute atomic E-state index is 0.00727. The maximum absolute atomic E-state index is 12.8. The molecular formula is C20H22N2O5S. The molecule has 2 rings (SSSR count). The molecule has 0 aliphatic rings. The predicted octanol–water partition coefficient (Wildman–Crippen LogP) is 3.84. The zero-order valence-corrected chi connectivity index (χ0v) is 16.6. The number of hydrogen-bond acceptors (Lipinski definition) is 6. The van der Waals surface area contributed by atoms with Crippen LogP contribution in [0.2, 0.25) is 0 Å². The van der Waals surface area contributed by atoms with Crippen LogP contribution in [0.25, 0.3) is 0 Å². The first-order chi connectivity index (χ1) is 13.5. The molecule has 1 amide bonds. The third kappa shape index (κ3) is 5.82. The van der Waals surface area contributed by atoms with Gasteiger partial charge in [-0.1, -0.05) is 30.3 Å². The van der Waals surface area contributed by atoms with Gasteiger partial charge in [-0.3, -0.25) is 19.7 Å². The minimum Gasteiger partial charge on any atom is -0.447 e. The summed E-state index contributed by atoms with van der Waals surface area (Å²) in [6.45, 7) is 4.78. The molecule has 0 fully saturated rings. The standard InChI is InChI=1S/C20H22N2O5S/c1-3-21(4-2)20(24)19(15-8-6-5-7-9-15)27-18(23)14-28-17-12-10-16(11-13-17)22(25)26/h5-13,19H,3-4,14H2,1-2H3/t19-/m1/s1. The Morgan fingerprint density at radius 3 is 2.21 bits per heavy atom. The molecule has 0 unspecified atom stereocenters. The molecule has 148 valence electrons. The van der Waals surface area contributed by atoms with Gasteiger partial charge in [0.1, 0.15) is 0 Å². The van der Waals surface area contributed by atoms with E-state index in [4.69, 9.17) is 4.74 Å². The lowest BCUT2D eigenvalue weighted by molar-refractivity contribution is -0.384. The van der Waals surface area contributed by atoms with E-state index < -0.39 is 17.0 Å². The Morgan fingerprint density at radius 1 is 1.07 bits per heavy atom. The number of likely N-dealkylation sites (N-methyl/N-ethyl adjacent to an activating group) is 1. The molecule has 0 saturated carbocycles. The number of amides is 1. The van der Waals surface area contributed by atoms with Crippen LogP contribution in [0, 0.1) is 10.1 Å². The molecule has 0 aromatic heterocycles. The number of nitro groups is 1. The topological polar surface area (TPSA) is 89.8 Å². The molecule has 8 heteroatoms. The third-order valence-corrected chi connectivity index (χ3v) is 5.04. The number of rotatable bonds is 9. The lowest BCUT2D eigenvalue weighted by Crippen LogP contribution is -2.37. The molecule has 2 aromatic carbocycles. The van der Waals surface area contributed by atoms with Gasteiger partial charge in [-0.2, -0.15) is 0 Å². The molecular weight excluding hydrogens is 380 g/mol. The average Bonchev–Trinajstić information content (AvgIpc) is 2.72. The lowest BCUT2D eigenvalue weighted by Gasteiger charge is -2.25. The zero-order valence-electron chi connectivity index (χ0n) is 15.7. The second-order valence-electron chi connectivity index (χ2n) is 5.83. The average molecular weight is 402 g/mol. The van der Waals surface area contributed by atoms with Crippen LogP contribution in [0.5, 0.6) is 0 Å². The maximum Gasteiger partial charge on any atom is 0.317 e. The first-order valence-corrected chi connectivity index (χ1v) is 9.85. The van der Waals surface area contributed by atoms with E-state index in [0.717, 1.165) is 0 Å². The summed E-state index contributed by atoms with van der Waals surface area (Å²) in [7, 11) is 0. The Morgan fingerprint density at radius 2 is 1.68 bits per heavy atom. The molecule has 0 bridgehead atoms. The molecule has 0 radical (unpaired) electrons. The molecule has 0 saturated heterocycles. The smallest absolute Gasteiger partial charge is 0.317 e. The monoisotopic (exact) mass is 402 g/mol. The van der Waals surface area contributed by atoms with Crippen molar-refractivity contribution in [3.8, 4) is 0 Å². The van der Waals surface area contributed by atoms with Crippen molar-refractivity contribution in [2.75, 3.05) is 18.8 Å². The first-order valence-electron chi connectivity index (χ1n) is 8.86. The number of nitrogens with zero attached hydrogens (tertiary/aromatic N) is 2. The van der Waals surface area contributed by atoms with Crippen LogP contribution >= 0.6 is 11.8 Å². The van der Waals surface area contributed by atoms with E-state index in [0.29, 0.717) is 23.5 Å². The summed E-state index contributed by atoms with van der Waals surface area (Å²) in [5, 5.41) is 10.7. The van der Waals surface area contributed by atoms with Gasteiger partial charge in [-0.05, 0) is 26.0 Å². The van der Waals surface area contributed by atoms with Gasteiger partial charge in [-0.15, -0.1) is 11.8 Å². The summed E-state index contributed by atoms with van der Waals surface area (Å²) < 4.78 is 5.51. The van der Waals surface area contributed by atoms with Crippen LogP contribution < -0.4 is 0 Å². The van der Waals surface area contributed by atoms with Gasteiger partial charge in [0.15, 0.2) is 0 Å². The van der Waals surface area contributed by atoms with E-state index in [1.807, 2.05) is 19.9 Å². The summed E-state index contributed by atoms with van der Waals surface area (Å²) in [4.78, 5) is 37.7. The molecule has 2 aromatic rings. The van der Waals surface area contributed by atoms with Gasteiger partial charge in [0.2, 0.25) is 6.10 Å². The Labute approximate surface area is 167 Å². The van der Waals surface area contributed by atoms with Crippen LogP contribution in [0.3, 0.4) is 0 Å². The summed E-state index contributed by atoms with van der Waals surface area (Å²) in [6.07, 6.45) is -0.994. The van der Waals surface area contributed by atoms with Gasteiger partial charge < -0.3 is 9.64 Å². The van der Waals surface area contributed by atoms with E-state index in [1.165, 1.54) is 23.9 Å². The summed E-state index contributed by atoms with van der Waals surface area (Å²) >= 11 is 1.20. The van der Waals surface area contributed by atoms with E-state index in [2.05, 4.69) is 0 Å². The number of hydrogen-bond donors (Lipinski definition) is 0. The summed E-state index contributed by atoms with van der Waals surface area (Å²) in [5.74, 6) is -0.797. The van der Waals surface area contributed by atoms with Crippen LogP contribution in [-0.4, -0.2) is 40.5 Å². The SMILES string of the molecule is CCN(CC)C(=O)[C@H](OC(=O)CSc1ccc([N+](=O)[O-])cc1)c1ccccc1. The zero-order chi connectivity index (χ0) is 20.5. The largest absolute Gasteiger partial charge is 0.447 e. The van der Waals surface area contributed by atoms with Crippen molar-refractivity contribution in [3.63, 3.8) is 0 Å². The quantitative estimate of drug-likeness (QED) is 0.274. The Kier molecular flexibility index (Phi) is 8.01. The van der Waals surface area contributed by atoms with Crippen LogP contribution in [0.15, 0.2) is 59.5 Å². The Bertz CT molecular complexity index is 807. The van der Waals surface area contributed by atoms with Gasteiger partial charge >= 0.3 is 5.97 Å². The van der Waals surface area contributed by atoms with Crippen molar-refractivity contribution in [2.24, 2.45) is 0 Å². The van der Waals surface area contributed by atoms with Gasteiger partial charge in [0, 0.05) is 35.7 Å².